The number of aromatic amines is 1. The van der Waals surface area contributed by atoms with Crippen molar-refractivity contribution in [3.8, 4) is 5.75 Å². The minimum atomic E-state index is 0.835. The van der Waals surface area contributed by atoms with E-state index in [9.17, 15) is 0 Å². The van der Waals surface area contributed by atoms with Gasteiger partial charge in [0.15, 0.2) is 0 Å². The number of fused-ring (bicyclic) bond motifs is 2. The third kappa shape index (κ3) is 1.48. The Balaban J connectivity index is 2.19. The van der Waals surface area contributed by atoms with Crippen molar-refractivity contribution in [3.63, 3.8) is 0 Å². The molecule has 2 heterocycles. The fraction of sp³-hybridized carbons (Fsp3) is 0.417. The van der Waals surface area contributed by atoms with Crippen LogP contribution in [-0.4, -0.2) is 16.6 Å². The number of rotatable bonds is 0. The van der Waals surface area contributed by atoms with E-state index in [1.807, 2.05) is 6.92 Å². The average Bonchev–Trinajstić information content (AvgIpc) is 2.44. The van der Waals surface area contributed by atoms with Gasteiger partial charge in [-0.3, -0.25) is 0 Å². The lowest BCUT2D eigenvalue weighted by Crippen LogP contribution is -1.94. The minimum Gasteiger partial charge on any atom is -0.493 e. The Morgan fingerprint density at radius 3 is 3.20 bits per heavy atom. The topological polar surface area (TPSA) is 37.9 Å². The average molecular weight is 202 g/mol. The van der Waals surface area contributed by atoms with Gasteiger partial charge in [0.1, 0.15) is 11.6 Å². The predicted octanol–water partition coefficient (Wildman–Crippen LogP) is 2.59. The van der Waals surface area contributed by atoms with Crippen molar-refractivity contribution < 1.29 is 4.74 Å². The maximum Gasteiger partial charge on any atom is 0.124 e. The quantitative estimate of drug-likeness (QED) is 0.713. The molecule has 1 aliphatic heterocycles. The molecule has 0 atom stereocenters. The molecule has 1 aromatic heterocycles. The molecule has 3 rings (SSSR count). The molecule has 0 aliphatic carbocycles. The van der Waals surface area contributed by atoms with Crippen molar-refractivity contribution in [2.45, 2.75) is 26.2 Å². The molecule has 0 spiro atoms. The van der Waals surface area contributed by atoms with Crippen molar-refractivity contribution >= 4 is 11.0 Å². The second kappa shape index (κ2) is 3.26. The van der Waals surface area contributed by atoms with Crippen LogP contribution in [0.4, 0.5) is 0 Å². The first-order chi connectivity index (χ1) is 7.33. The number of benzene rings is 1. The van der Waals surface area contributed by atoms with Crippen LogP contribution < -0.4 is 4.74 Å². The molecule has 0 radical (unpaired) electrons. The van der Waals surface area contributed by atoms with E-state index in [2.05, 4.69) is 22.1 Å². The lowest BCUT2D eigenvalue weighted by molar-refractivity contribution is 0.317. The first-order valence-electron chi connectivity index (χ1n) is 5.45. The summed E-state index contributed by atoms with van der Waals surface area (Å²) in [5, 5.41) is 0. The van der Waals surface area contributed by atoms with Crippen LogP contribution in [0.2, 0.25) is 0 Å². The van der Waals surface area contributed by atoms with E-state index in [1.54, 1.807) is 0 Å². The van der Waals surface area contributed by atoms with Gasteiger partial charge in [0.2, 0.25) is 0 Å². The molecular weight excluding hydrogens is 188 g/mol. The first-order valence-corrected chi connectivity index (χ1v) is 5.45. The van der Waals surface area contributed by atoms with E-state index in [-0.39, 0.29) is 0 Å². The largest absolute Gasteiger partial charge is 0.493 e. The van der Waals surface area contributed by atoms with Gasteiger partial charge < -0.3 is 9.72 Å². The van der Waals surface area contributed by atoms with E-state index < -0.39 is 0 Å². The van der Waals surface area contributed by atoms with Crippen LogP contribution in [0.25, 0.3) is 11.0 Å². The summed E-state index contributed by atoms with van der Waals surface area (Å²) >= 11 is 0. The van der Waals surface area contributed by atoms with Gasteiger partial charge in [0, 0.05) is 6.07 Å². The second-order valence-electron chi connectivity index (χ2n) is 4.10. The molecule has 0 bridgehead atoms. The molecule has 1 N–H and O–H groups in total. The summed E-state index contributed by atoms with van der Waals surface area (Å²) in [7, 11) is 0. The van der Waals surface area contributed by atoms with Gasteiger partial charge in [-0.25, -0.2) is 4.98 Å². The summed E-state index contributed by atoms with van der Waals surface area (Å²) in [5.41, 5.74) is 3.44. The summed E-state index contributed by atoms with van der Waals surface area (Å²) in [6.07, 6.45) is 3.48. The van der Waals surface area contributed by atoms with Crippen molar-refractivity contribution in [3.05, 3.63) is 23.5 Å². The zero-order chi connectivity index (χ0) is 10.3. The van der Waals surface area contributed by atoms with Gasteiger partial charge >= 0.3 is 0 Å². The second-order valence-corrected chi connectivity index (χ2v) is 4.10. The highest BCUT2D eigenvalue weighted by Crippen LogP contribution is 2.28. The zero-order valence-corrected chi connectivity index (χ0v) is 8.84. The fourth-order valence-electron chi connectivity index (χ4n) is 2.14. The monoisotopic (exact) mass is 202 g/mol. The Labute approximate surface area is 88.5 Å². The van der Waals surface area contributed by atoms with Crippen LogP contribution in [-0.2, 0) is 6.42 Å². The van der Waals surface area contributed by atoms with Gasteiger partial charge in [0.25, 0.3) is 0 Å². The number of hydrogen-bond acceptors (Lipinski definition) is 2. The van der Waals surface area contributed by atoms with Crippen LogP contribution in [0.3, 0.4) is 0 Å². The Kier molecular flexibility index (Phi) is 1.91. The number of imidazole rings is 1. The summed E-state index contributed by atoms with van der Waals surface area (Å²) in [6.45, 7) is 2.81. The third-order valence-corrected chi connectivity index (χ3v) is 2.88. The highest BCUT2D eigenvalue weighted by atomic mass is 16.5. The third-order valence-electron chi connectivity index (χ3n) is 2.88. The number of nitrogens with zero attached hydrogens (tertiary/aromatic N) is 1. The maximum absolute atomic E-state index is 5.71. The highest BCUT2D eigenvalue weighted by molar-refractivity contribution is 5.78. The number of H-pyrrole nitrogens is 1. The van der Waals surface area contributed by atoms with E-state index >= 15 is 0 Å². The lowest BCUT2D eigenvalue weighted by Gasteiger charge is -2.05. The number of aromatic nitrogens is 2. The number of ether oxygens (including phenoxy) is 1. The van der Waals surface area contributed by atoms with Gasteiger partial charge in [-0.15, -0.1) is 0 Å². The molecular formula is C12H14N2O. The summed E-state index contributed by atoms with van der Waals surface area (Å²) < 4.78 is 5.71. The number of hydrogen-bond donors (Lipinski definition) is 1. The normalized spacial score (nSPS) is 15.8. The van der Waals surface area contributed by atoms with Crippen LogP contribution >= 0.6 is 0 Å². The summed E-state index contributed by atoms with van der Waals surface area (Å²) in [4.78, 5) is 7.68. The van der Waals surface area contributed by atoms with E-state index in [1.165, 1.54) is 12.0 Å². The number of aryl methyl sites for hydroxylation is 2. The molecule has 3 heteroatoms. The van der Waals surface area contributed by atoms with Crippen molar-refractivity contribution in [2.24, 2.45) is 0 Å². The van der Waals surface area contributed by atoms with Crippen molar-refractivity contribution in [1.82, 2.24) is 9.97 Å². The van der Waals surface area contributed by atoms with Crippen LogP contribution in [0.15, 0.2) is 12.1 Å². The molecule has 0 saturated carbocycles. The molecule has 0 amide bonds. The van der Waals surface area contributed by atoms with Crippen molar-refractivity contribution in [1.29, 1.82) is 0 Å². The van der Waals surface area contributed by atoms with Crippen LogP contribution in [0, 0.1) is 6.92 Å². The molecule has 1 aliphatic rings. The minimum absolute atomic E-state index is 0.835. The van der Waals surface area contributed by atoms with E-state index in [4.69, 9.17) is 4.74 Å². The maximum atomic E-state index is 5.71. The Morgan fingerprint density at radius 2 is 2.27 bits per heavy atom. The molecule has 0 unspecified atom stereocenters. The number of nitrogens with one attached hydrogen (secondary N) is 1. The molecule has 3 nitrogen and oxygen atoms in total. The van der Waals surface area contributed by atoms with Crippen molar-refractivity contribution in [2.75, 3.05) is 6.61 Å². The Bertz CT molecular complexity index is 459. The molecule has 1 aromatic carbocycles. The summed E-state index contributed by atoms with van der Waals surface area (Å²) in [5.74, 6) is 1.98. The standard InChI is InChI=1S/C12H14N2O/c1-8-13-10-6-9-4-2-3-5-15-12(9)7-11(10)14-8/h6-7H,2-5H2,1H3,(H,13,14). The van der Waals surface area contributed by atoms with Crippen LogP contribution in [0.1, 0.15) is 24.2 Å². The Hall–Kier alpha value is -1.51. The summed E-state index contributed by atoms with van der Waals surface area (Å²) in [6, 6.07) is 4.23. The molecule has 78 valence electrons. The van der Waals surface area contributed by atoms with Gasteiger partial charge in [-0.1, -0.05) is 0 Å². The smallest absolute Gasteiger partial charge is 0.124 e. The SMILES string of the molecule is Cc1nc2cc3c(cc2[nH]1)CCCCO3. The molecule has 15 heavy (non-hydrogen) atoms. The lowest BCUT2D eigenvalue weighted by atomic mass is 10.1. The van der Waals surface area contributed by atoms with E-state index in [0.29, 0.717) is 0 Å². The highest BCUT2D eigenvalue weighted by Gasteiger charge is 2.11. The first kappa shape index (κ1) is 8.77. The van der Waals surface area contributed by atoms with Gasteiger partial charge in [-0.2, -0.15) is 0 Å². The fourth-order valence-corrected chi connectivity index (χ4v) is 2.14. The van der Waals surface area contributed by atoms with Crippen LogP contribution in [0.5, 0.6) is 5.75 Å². The van der Waals surface area contributed by atoms with Gasteiger partial charge in [0.05, 0.1) is 17.6 Å². The van der Waals surface area contributed by atoms with E-state index in [0.717, 1.165) is 42.1 Å². The molecule has 0 fully saturated rings. The zero-order valence-electron chi connectivity index (χ0n) is 8.84. The molecule has 2 aromatic rings. The Morgan fingerprint density at radius 1 is 1.33 bits per heavy atom. The molecule has 0 saturated heterocycles. The predicted molar refractivity (Wildman–Crippen MR) is 59.3 cm³/mol. The van der Waals surface area contributed by atoms with Gasteiger partial charge in [-0.05, 0) is 37.8 Å².